The Hall–Kier alpha value is -1.00. The van der Waals surface area contributed by atoms with Gasteiger partial charge in [-0.05, 0) is 113 Å². The first-order valence-electron chi connectivity index (χ1n) is 13.1. The predicted octanol–water partition coefficient (Wildman–Crippen LogP) is 6.91. The second-order valence-corrected chi connectivity index (χ2v) is 11.4. The summed E-state index contributed by atoms with van der Waals surface area (Å²) in [5.74, 6) is 1.17. The second-order valence-electron chi connectivity index (χ2n) is 11.4. The van der Waals surface area contributed by atoms with Gasteiger partial charge in [-0.2, -0.15) is 0 Å². The van der Waals surface area contributed by atoms with Crippen molar-refractivity contribution >= 4 is 0 Å². The number of likely N-dealkylation sites (tertiary alicyclic amines) is 1. The molecule has 4 heteroatoms. The smallest absolute Gasteiger partial charge is 0.242 e. The maximum Gasteiger partial charge on any atom is 0.242 e. The zero-order valence-electron chi connectivity index (χ0n) is 20.0. The van der Waals surface area contributed by atoms with Gasteiger partial charge < -0.3 is 10.0 Å². The van der Waals surface area contributed by atoms with Crippen LogP contribution in [-0.4, -0.2) is 42.2 Å². The Morgan fingerprint density at radius 2 is 1.91 bits per heavy atom. The van der Waals surface area contributed by atoms with Crippen molar-refractivity contribution in [2.45, 2.75) is 96.5 Å². The summed E-state index contributed by atoms with van der Waals surface area (Å²) < 4.78 is 25.9. The average molecular weight is 448 g/mol. The van der Waals surface area contributed by atoms with Crippen molar-refractivity contribution in [3.05, 3.63) is 35.5 Å². The molecule has 0 spiro atoms. The highest BCUT2D eigenvalue weighted by Crippen LogP contribution is 2.56. The number of allylic oxidation sites excluding steroid dienone is 3. The van der Waals surface area contributed by atoms with Gasteiger partial charge in [-0.1, -0.05) is 36.8 Å². The Morgan fingerprint density at radius 3 is 2.62 bits per heavy atom. The first kappa shape index (κ1) is 24.1. The molecular weight excluding hydrogens is 404 g/mol. The van der Waals surface area contributed by atoms with Crippen molar-refractivity contribution < 1.29 is 13.9 Å². The molecule has 5 atom stereocenters. The molecule has 180 valence electrons. The van der Waals surface area contributed by atoms with Gasteiger partial charge in [0.15, 0.2) is 0 Å². The van der Waals surface area contributed by atoms with Gasteiger partial charge in [-0.25, -0.2) is 8.78 Å². The van der Waals surface area contributed by atoms with E-state index < -0.39 is 12.3 Å². The molecule has 1 heterocycles. The third-order valence-corrected chi connectivity index (χ3v) is 9.39. The molecule has 1 saturated heterocycles. The highest BCUT2D eigenvalue weighted by molar-refractivity contribution is 5.25. The lowest BCUT2D eigenvalue weighted by Crippen LogP contribution is -2.29. The Kier molecular flexibility index (Phi) is 7.93. The van der Waals surface area contributed by atoms with E-state index in [1.807, 2.05) is 0 Å². The van der Waals surface area contributed by atoms with Crippen LogP contribution in [0, 0.1) is 23.2 Å². The number of hydrogen-bond acceptors (Lipinski definition) is 2. The number of halogens is 2. The van der Waals surface area contributed by atoms with Gasteiger partial charge in [0.2, 0.25) is 6.43 Å². The monoisotopic (exact) mass is 447 g/mol. The Bertz CT molecular complexity index is 729. The molecule has 0 radical (unpaired) electrons. The minimum absolute atomic E-state index is 0.358. The molecule has 1 aliphatic heterocycles. The Labute approximate surface area is 193 Å². The zero-order chi connectivity index (χ0) is 22.7. The van der Waals surface area contributed by atoms with E-state index in [9.17, 15) is 13.9 Å². The van der Waals surface area contributed by atoms with Crippen LogP contribution < -0.4 is 0 Å². The maximum atomic E-state index is 12.9. The lowest BCUT2D eigenvalue weighted by molar-refractivity contribution is 0.0801. The van der Waals surface area contributed by atoms with Crippen molar-refractivity contribution in [1.29, 1.82) is 0 Å². The molecule has 0 bridgehead atoms. The lowest BCUT2D eigenvalue weighted by Gasteiger charge is -2.36. The Balaban J connectivity index is 1.29. The van der Waals surface area contributed by atoms with Gasteiger partial charge in [-0.15, -0.1) is 0 Å². The number of fused-ring (bicyclic) bond motifs is 1. The molecule has 4 rings (SSSR count). The minimum atomic E-state index is -2.15. The fourth-order valence-corrected chi connectivity index (χ4v) is 7.08. The number of hydrogen-bond donors (Lipinski definition) is 1. The SMILES string of the molecule is C=C1CC/C(=C/C=C2\CCC[C@]3(C)C(CCCN4CCC(C(F)F)C4)CCC3C2)CC1O. The van der Waals surface area contributed by atoms with Crippen LogP contribution in [0.15, 0.2) is 35.5 Å². The molecule has 4 fully saturated rings. The van der Waals surface area contributed by atoms with E-state index >= 15 is 0 Å². The van der Waals surface area contributed by atoms with Crippen LogP contribution >= 0.6 is 0 Å². The number of aliphatic hydroxyl groups excluding tert-OH is 1. The summed E-state index contributed by atoms with van der Waals surface area (Å²) in [6.07, 6.45) is 15.7. The summed E-state index contributed by atoms with van der Waals surface area (Å²) in [7, 11) is 0. The highest BCUT2D eigenvalue weighted by Gasteiger charge is 2.46. The van der Waals surface area contributed by atoms with Gasteiger partial charge in [0.05, 0.1) is 6.10 Å². The molecular formula is C28H43F2NO. The van der Waals surface area contributed by atoms with Crippen molar-refractivity contribution in [3.8, 4) is 0 Å². The second kappa shape index (κ2) is 10.5. The summed E-state index contributed by atoms with van der Waals surface area (Å²) in [5.41, 5.74) is 4.39. The number of nitrogens with zero attached hydrogens (tertiary/aromatic N) is 1. The van der Waals surface area contributed by atoms with Gasteiger partial charge in [-0.3, -0.25) is 0 Å². The van der Waals surface area contributed by atoms with Crippen molar-refractivity contribution in [3.63, 3.8) is 0 Å². The number of alkyl halides is 2. The molecule has 0 aromatic carbocycles. The van der Waals surface area contributed by atoms with Crippen LogP contribution in [0.5, 0.6) is 0 Å². The van der Waals surface area contributed by atoms with Gasteiger partial charge in [0.25, 0.3) is 0 Å². The first-order valence-corrected chi connectivity index (χ1v) is 13.1. The van der Waals surface area contributed by atoms with E-state index in [1.54, 1.807) is 5.57 Å². The summed E-state index contributed by atoms with van der Waals surface area (Å²) in [6, 6.07) is 0. The van der Waals surface area contributed by atoms with Crippen LogP contribution in [-0.2, 0) is 0 Å². The van der Waals surface area contributed by atoms with E-state index in [0.29, 0.717) is 18.4 Å². The molecule has 0 aromatic heterocycles. The summed E-state index contributed by atoms with van der Waals surface area (Å²) in [5, 5.41) is 10.1. The normalized spacial score (nSPS) is 39.2. The van der Waals surface area contributed by atoms with Crippen LogP contribution in [0.2, 0.25) is 0 Å². The van der Waals surface area contributed by atoms with Crippen LogP contribution in [0.3, 0.4) is 0 Å². The predicted molar refractivity (Wildman–Crippen MR) is 128 cm³/mol. The van der Waals surface area contributed by atoms with E-state index in [0.717, 1.165) is 56.2 Å². The topological polar surface area (TPSA) is 23.5 Å². The molecule has 4 aliphatic rings. The minimum Gasteiger partial charge on any atom is -0.388 e. The molecule has 4 unspecified atom stereocenters. The number of rotatable bonds is 6. The van der Waals surface area contributed by atoms with E-state index in [2.05, 4.69) is 30.6 Å². The number of aliphatic hydroxyl groups is 1. The van der Waals surface area contributed by atoms with Gasteiger partial charge in [0.1, 0.15) is 0 Å². The highest BCUT2D eigenvalue weighted by atomic mass is 19.3. The Morgan fingerprint density at radius 1 is 1.12 bits per heavy atom. The molecule has 3 aliphatic carbocycles. The molecule has 0 amide bonds. The van der Waals surface area contributed by atoms with E-state index in [4.69, 9.17) is 0 Å². The zero-order valence-corrected chi connectivity index (χ0v) is 20.0. The summed E-state index contributed by atoms with van der Waals surface area (Å²) >= 11 is 0. The van der Waals surface area contributed by atoms with Crippen molar-refractivity contribution in [2.75, 3.05) is 19.6 Å². The quantitative estimate of drug-likeness (QED) is 0.447. The molecule has 1 N–H and O–H groups in total. The fourth-order valence-electron chi connectivity index (χ4n) is 7.08. The van der Waals surface area contributed by atoms with Gasteiger partial charge >= 0.3 is 0 Å². The fraction of sp³-hybridized carbons (Fsp3) is 0.786. The van der Waals surface area contributed by atoms with E-state index in [-0.39, 0.29) is 6.10 Å². The summed E-state index contributed by atoms with van der Waals surface area (Å²) in [6.45, 7) is 8.96. The first-order chi connectivity index (χ1) is 15.3. The standard InChI is InChI=1S/C28H43F2NO/c1-20-7-8-22(18-26(20)32)10-9-21-5-3-14-28(2)24(11-12-25(28)17-21)6-4-15-31-16-13-23(19-31)27(29)30/h9-10,23-27,32H,1,3-8,11-19H2,2H3/b21-9+,22-10-/t23?,24?,25?,26?,28-/m1/s1. The van der Waals surface area contributed by atoms with Crippen molar-refractivity contribution in [1.82, 2.24) is 4.90 Å². The molecule has 2 nitrogen and oxygen atoms in total. The lowest BCUT2D eigenvalue weighted by atomic mass is 9.69. The summed E-state index contributed by atoms with van der Waals surface area (Å²) in [4.78, 5) is 2.27. The maximum absolute atomic E-state index is 12.9. The average Bonchev–Trinajstić information content (AvgIpc) is 3.30. The third-order valence-electron chi connectivity index (χ3n) is 9.39. The van der Waals surface area contributed by atoms with Crippen molar-refractivity contribution in [2.24, 2.45) is 23.2 Å². The largest absolute Gasteiger partial charge is 0.388 e. The van der Waals surface area contributed by atoms with Gasteiger partial charge in [0, 0.05) is 12.5 Å². The van der Waals surface area contributed by atoms with Crippen LogP contribution in [0.4, 0.5) is 8.78 Å². The third kappa shape index (κ3) is 5.55. The van der Waals surface area contributed by atoms with Crippen LogP contribution in [0.25, 0.3) is 0 Å². The molecule has 0 aromatic rings. The molecule has 32 heavy (non-hydrogen) atoms. The van der Waals surface area contributed by atoms with E-state index in [1.165, 1.54) is 50.5 Å². The van der Waals surface area contributed by atoms with Crippen LogP contribution in [0.1, 0.15) is 84.0 Å². The molecule has 3 saturated carbocycles.